The van der Waals surface area contributed by atoms with Crippen molar-refractivity contribution in [3.8, 4) is 0 Å². The van der Waals surface area contributed by atoms with Crippen molar-refractivity contribution in [1.29, 1.82) is 0 Å². The Bertz CT molecular complexity index is 684. The van der Waals surface area contributed by atoms with Crippen molar-refractivity contribution in [2.45, 2.75) is 13.5 Å². The van der Waals surface area contributed by atoms with E-state index in [4.69, 9.17) is 0 Å². The van der Waals surface area contributed by atoms with Gasteiger partial charge in [0.15, 0.2) is 5.82 Å². The first-order valence-corrected chi connectivity index (χ1v) is 7.27. The van der Waals surface area contributed by atoms with Crippen molar-refractivity contribution in [3.63, 3.8) is 0 Å². The summed E-state index contributed by atoms with van der Waals surface area (Å²) < 4.78 is 2.44. The van der Waals surface area contributed by atoms with Gasteiger partial charge in [-0.15, -0.1) is 0 Å². The zero-order valence-electron chi connectivity index (χ0n) is 11.2. The summed E-state index contributed by atoms with van der Waals surface area (Å²) in [6, 6.07) is 7.21. The van der Waals surface area contributed by atoms with Crippen LogP contribution in [-0.2, 0) is 6.54 Å². The van der Waals surface area contributed by atoms with Gasteiger partial charge in [-0.05, 0) is 45.7 Å². The Kier molecular flexibility index (Phi) is 4.89. The van der Waals surface area contributed by atoms with E-state index < -0.39 is 4.92 Å². The minimum atomic E-state index is -0.485. The summed E-state index contributed by atoms with van der Waals surface area (Å²) in [6.07, 6.45) is 1.22. The van der Waals surface area contributed by atoms with Crippen LogP contribution in [0.5, 0.6) is 0 Å². The molecule has 0 bridgehead atoms. The number of aryl methyl sites for hydroxylation is 1. The van der Waals surface area contributed by atoms with E-state index in [1.165, 1.54) is 10.8 Å². The average Bonchev–Trinajstić information content (AvgIpc) is 2.80. The van der Waals surface area contributed by atoms with E-state index in [1.807, 2.05) is 12.1 Å². The van der Waals surface area contributed by atoms with Gasteiger partial charge in [0.05, 0.1) is 6.54 Å². The van der Waals surface area contributed by atoms with E-state index in [2.05, 4.69) is 32.9 Å². The summed E-state index contributed by atoms with van der Waals surface area (Å²) >= 11 is 2.13. The molecule has 2 rings (SSSR count). The standard InChI is InChI=1S/C13H13IN4O3/c1-9-16-8-12(18(20)21)17(9)6-5-15-13(19)10-3-2-4-11(14)7-10/h2-4,7-8H,5-6H2,1H3,(H,15,19). The number of aromatic nitrogens is 2. The molecule has 2 aromatic rings. The van der Waals surface area contributed by atoms with Gasteiger partial charge in [0.25, 0.3) is 5.91 Å². The van der Waals surface area contributed by atoms with Crippen LogP contribution in [0.1, 0.15) is 16.2 Å². The zero-order chi connectivity index (χ0) is 15.4. The zero-order valence-corrected chi connectivity index (χ0v) is 13.4. The van der Waals surface area contributed by atoms with E-state index in [0.29, 0.717) is 24.5 Å². The first-order chi connectivity index (χ1) is 9.99. The number of nitrogens with one attached hydrogen (secondary N) is 1. The van der Waals surface area contributed by atoms with Crippen molar-refractivity contribution >= 4 is 34.3 Å². The molecule has 8 heteroatoms. The second kappa shape index (κ2) is 6.66. The quantitative estimate of drug-likeness (QED) is 0.473. The monoisotopic (exact) mass is 400 g/mol. The Hall–Kier alpha value is -1.97. The van der Waals surface area contributed by atoms with E-state index in [1.54, 1.807) is 19.1 Å². The van der Waals surface area contributed by atoms with Gasteiger partial charge >= 0.3 is 5.82 Å². The van der Waals surface area contributed by atoms with Gasteiger partial charge in [-0.2, -0.15) is 0 Å². The van der Waals surface area contributed by atoms with Crippen LogP contribution in [0.4, 0.5) is 5.82 Å². The highest BCUT2D eigenvalue weighted by atomic mass is 127. The molecule has 0 unspecified atom stereocenters. The lowest BCUT2D eigenvalue weighted by atomic mass is 10.2. The smallest absolute Gasteiger partial charge is 0.342 e. The van der Waals surface area contributed by atoms with Crippen LogP contribution < -0.4 is 5.32 Å². The van der Waals surface area contributed by atoms with Gasteiger partial charge in [0.1, 0.15) is 12.7 Å². The molecule has 0 spiro atoms. The second-order valence-electron chi connectivity index (χ2n) is 4.34. The van der Waals surface area contributed by atoms with Crippen molar-refractivity contribution in [1.82, 2.24) is 14.9 Å². The Balaban J connectivity index is 1.97. The number of hydrogen-bond donors (Lipinski definition) is 1. The molecule has 0 fully saturated rings. The van der Waals surface area contributed by atoms with Gasteiger partial charge < -0.3 is 15.4 Å². The summed E-state index contributed by atoms with van der Waals surface area (Å²) in [5, 5.41) is 13.6. The molecule has 21 heavy (non-hydrogen) atoms. The summed E-state index contributed by atoms with van der Waals surface area (Å²) in [6.45, 7) is 2.29. The number of nitrogens with zero attached hydrogens (tertiary/aromatic N) is 3. The third kappa shape index (κ3) is 3.78. The molecule has 1 aromatic carbocycles. The van der Waals surface area contributed by atoms with Crippen molar-refractivity contribution in [2.24, 2.45) is 0 Å². The van der Waals surface area contributed by atoms with Crippen LogP contribution >= 0.6 is 22.6 Å². The largest absolute Gasteiger partial charge is 0.358 e. The average molecular weight is 400 g/mol. The molecule has 1 heterocycles. The number of amides is 1. The number of carbonyl (C=O) groups is 1. The van der Waals surface area contributed by atoms with Crippen molar-refractivity contribution < 1.29 is 9.72 Å². The fourth-order valence-corrected chi connectivity index (χ4v) is 2.43. The molecule has 1 N–H and O–H groups in total. The highest BCUT2D eigenvalue weighted by Crippen LogP contribution is 2.13. The van der Waals surface area contributed by atoms with Crippen LogP contribution in [-0.4, -0.2) is 26.9 Å². The van der Waals surface area contributed by atoms with E-state index >= 15 is 0 Å². The molecule has 0 saturated heterocycles. The van der Waals surface area contributed by atoms with Gasteiger partial charge in [0, 0.05) is 16.1 Å². The number of halogens is 1. The summed E-state index contributed by atoms with van der Waals surface area (Å²) in [7, 11) is 0. The summed E-state index contributed by atoms with van der Waals surface area (Å²) in [4.78, 5) is 26.2. The third-order valence-electron chi connectivity index (χ3n) is 2.93. The molecule has 0 radical (unpaired) electrons. The molecular formula is C13H13IN4O3. The van der Waals surface area contributed by atoms with Gasteiger partial charge in [-0.3, -0.25) is 4.79 Å². The first kappa shape index (κ1) is 15.4. The topological polar surface area (TPSA) is 90.1 Å². The Labute approximate surface area is 134 Å². The molecule has 0 aliphatic carbocycles. The molecule has 7 nitrogen and oxygen atoms in total. The summed E-state index contributed by atoms with van der Waals surface area (Å²) in [5.41, 5.74) is 0.568. The van der Waals surface area contributed by atoms with E-state index in [-0.39, 0.29) is 11.7 Å². The Morgan fingerprint density at radius 2 is 2.29 bits per heavy atom. The van der Waals surface area contributed by atoms with E-state index in [0.717, 1.165) is 3.57 Å². The molecular weight excluding hydrogens is 387 g/mol. The number of nitro groups is 1. The van der Waals surface area contributed by atoms with Crippen LogP contribution in [0, 0.1) is 20.6 Å². The third-order valence-corrected chi connectivity index (χ3v) is 3.60. The number of hydrogen-bond acceptors (Lipinski definition) is 4. The predicted molar refractivity (Wildman–Crippen MR) is 85.1 cm³/mol. The molecule has 0 aliphatic heterocycles. The SMILES string of the molecule is Cc1ncc([N+](=O)[O-])n1CCNC(=O)c1cccc(I)c1. The van der Waals surface area contributed by atoms with Gasteiger partial charge in [0.2, 0.25) is 0 Å². The number of benzene rings is 1. The Morgan fingerprint density at radius 3 is 2.95 bits per heavy atom. The van der Waals surface area contributed by atoms with Crippen LogP contribution in [0.15, 0.2) is 30.5 Å². The maximum atomic E-state index is 12.0. The lowest BCUT2D eigenvalue weighted by molar-refractivity contribution is -0.392. The lowest BCUT2D eigenvalue weighted by Gasteiger charge is -2.06. The summed E-state index contributed by atoms with van der Waals surface area (Å²) in [5.74, 6) is 0.273. The first-order valence-electron chi connectivity index (χ1n) is 6.19. The number of rotatable bonds is 5. The van der Waals surface area contributed by atoms with Gasteiger partial charge in [-0.25, -0.2) is 9.55 Å². The highest BCUT2D eigenvalue weighted by molar-refractivity contribution is 14.1. The molecule has 1 amide bonds. The normalized spacial score (nSPS) is 10.4. The fourth-order valence-electron chi connectivity index (χ4n) is 1.89. The Morgan fingerprint density at radius 1 is 1.52 bits per heavy atom. The minimum Gasteiger partial charge on any atom is -0.358 e. The maximum Gasteiger partial charge on any atom is 0.342 e. The lowest BCUT2D eigenvalue weighted by Crippen LogP contribution is -2.27. The molecule has 110 valence electrons. The van der Waals surface area contributed by atoms with Crippen LogP contribution in [0.25, 0.3) is 0 Å². The fraction of sp³-hybridized carbons (Fsp3) is 0.231. The van der Waals surface area contributed by atoms with E-state index in [9.17, 15) is 14.9 Å². The van der Waals surface area contributed by atoms with Gasteiger partial charge in [-0.1, -0.05) is 6.07 Å². The van der Waals surface area contributed by atoms with Crippen molar-refractivity contribution in [3.05, 3.63) is 55.5 Å². The predicted octanol–water partition coefficient (Wildman–Crippen LogP) is 2.13. The number of carbonyl (C=O) groups excluding carboxylic acids is 1. The second-order valence-corrected chi connectivity index (χ2v) is 5.58. The highest BCUT2D eigenvalue weighted by Gasteiger charge is 2.17. The minimum absolute atomic E-state index is 0.0731. The van der Waals surface area contributed by atoms with Crippen LogP contribution in [0.3, 0.4) is 0 Å². The van der Waals surface area contributed by atoms with Crippen molar-refractivity contribution in [2.75, 3.05) is 6.54 Å². The maximum absolute atomic E-state index is 12.0. The van der Waals surface area contributed by atoms with Crippen LogP contribution in [0.2, 0.25) is 0 Å². The molecule has 0 atom stereocenters. The molecule has 1 aromatic heterocycles. The molecule has 0 aliphatic rings. The molecule has 0 saturated carbocycles. The number of imidazole rings is 1.